The average Bonchev–Trinajstić information content (AvgIpc) is 3.47. The molecule has 0 spiro atoms. The summed E-state index contributed by atoms with van der Waals surface area (Å²) < 4.78 is 13.3. The van der Waals surface area contributed by atoms with Crippen molar-refractivity contribution >= 4 is 5.82 Å². The fourth-order valence-electron chi connectivity index (χ4n) is 4.64. The van der Waals surface area contributed by atoms with Gasteiger partial charge in [-0.15, -0.1) is 10.2 Å². The average molecular weight is 415 g/mol. The topological polar surface area (TPSA) is 95.0 Å². The van der Waals surface area contributed by atoms with Crippen molar-refractivity contribution in [1.82, 2.24) is 29.9 Å². The zero-order valence-corrected chi connectivity index (χ0v) is 17.3. The lowest BCUT2D eigenvalue weighted by atomic mass is 9.90. The Hall–Kier alpha value is -3.59. The molecule has 4 aromatic rings. The predicted molar refractivity (Wildman–Crippen MR) is 113 cm³/mol. The quantitative estimate of drug-likeness (QED) is 0.504. The number of morpholine rings is 1. The number of benzene rings is 1. The van der Waals surface area contributed by atoms with E-state index in [1.54, 1.807) is 6.26 Å². The van der Waals surface area contributed by atoms with E-state index >= 15 is 0 Å². The molecule has 0 amide bonds. The molecule has 2 aliphatic rings. The molecule has 31 heavy (non-hydrogen) atoms. The Bertz CT molecular complexity index is 1270. The summed E-state index contributed by atoms with van der Waals surface area (Å²) in [5.41, 5.74) is 2.91. The molecule has 156 valence electrons. The van der Waals surface area contributed by atoms with Gasteiger partial charge in [-0.1, -0.05) is 42.4 Å². The fraction of sp³-hybridized carbons (Fsp3) is 0.318. The molecule has 2 aliphatic heterocycles. The number of anilines is 1. The summed E-state index contributed by atoms with van der Waals surface area (Å²) in [5.74, 6) is 3.11. The van der Waals surface area contributed by atoms with Gasteiger partial charge in [0.15, 0.2) is 17.5 Å². The maximum atomic E-state index is 5.90. The number of hydrogen-bond donors (Lipinski definition) is 0. The largest absolute Gasteiger partial charge is 0.377 e. The van der Waals surface area contributed by atoms with Crippen molar-refractivity contribution in [2.75, 3.05) is 24.7 Å². The SMILES string of the molecule is CC[C@]12COCCN1c1nc(-c3conc3-c3ccccc3)ncc1-n1c(C)nnc12. The van der Waals surface area contributed by atoms with Crippen LogP contribution in [0.1, 0.15) is 25.0 Å². The lowest BCUT2D eigenvalue weighted by Gasteiger charge is -2.49. The maximum absolute atomic E-state index is 5.90. The van der Waals surface area contributed by atoms with Gasteiger partial charge >= 0.3 is 0 Å². The fourth-order valence-corrected chi connectivity index (χ4v) is 4.64. The van der Waals surface area contributed by atoms with Crippen molar-refractivity contribution in [2.24, 2.45) is 0 Å². The molecule has 1 aromatic carbocycles. The molecule has 6 rings (SSSR count). The highest BCUT2D eigenvalue weighted by Gasteiger charge is 2.49. The second-order valence-corrected chi connectivity index (χ2v) is 7.84. The number of rotatable bonds is 3. The minimum absolute atomic E-state index is 0.408. The van der Waals surface area contributed by atoms with Crippen LogP contribution in [0.5, 0.6) is 0 Å². The van der Waals surface area contributed by atoms with Crippen molar-refractivity contribution < 1.29 is 9.26 Å². The molecule has 9 heteroatoms. The minimum atomic E-state index is -0.408. The van der Waals surface area contributed by atoms with E-state index in [9.17, 15) is 0 Å². The monoisotopic (exact) mass is 415 g/mol. The van der Waals surface area contributed by atoms with E-state index in [4.69, 9.17) is 14.2 Å². The number of aryl methyl sites for hydroxylation is 1. The summed E-state index contributed by atoms with van der Waals surface area (Å²) in [4.78, 5) is 12.0. The van der Waals surface area contributed by atoms with Crippen molar-refractivity contribution in [1.29, 1.82) is 0 Å². The van der Waals surface area contributed by atoms with E-state index in [0.717, 1.165) is 52.9 Å². The highest BCUT2D eigenvalue weighted by Crippen LogP contribution is 2.45. The molecule has 0 aliphatic carbocycles. The van der Waals surface area contributed by atoms with Gasteiger partial charge < -0.3 is 14.2 Å². The van der Waals surface area contributed by atoms with Gasteiger partial charge in [-0.3, -0.25) is 4.57 Å². The maximum Gasteiger partial charge on any atom is 0.167 e. The number of hydrogen-bond acceptors (Lipinski definition) is 8. The molecular formula is C22H21N7O2. The molecule has 9 nitrogen and oxygen atoms in total. The molecule has 0 unspecified atom stereocenters. The van der Waals surface area contributed by atoms with Crippen LogP contribution in [0.15, 0.2) is 47.3 Å². The molecule has 0 N–H and O–H groups in total. The Morgan fingerprint density at radius 2 is 2.03 bits per heavy atom. The normalized spacial score (nSPS) is 19.6. The van der Waals surface area contributed by atoms with Gasteiger partial charge in [0.1, 0.15) is 29.0 Å². The summed E-state index contributed by atoms with van der Waals surface area (Å²) in [6.07, 6.45) is 4.27. The molecule has 1 atom stereocenters. The highest BCUT2D eigenvalue weighted by atomic mass is 16.5. The Morgan fingerprint density at radius 1 is 1.16 bits per heavy atom. The van der Waals surface area contributed by atoms with E-state index in [2.05, 4.69) is 36.7 Å². The molecule has 0 bridgehead atoms. The Morgan fingerprint density at radius 3 is 2.87 bits per heavy atom. The van der Waals surface area contributed by atoms with Gasteiger partial charge in [0.25, 0.3) is 0 Å². The number of nitrogens with zero attached hydrogens (tertiary/aromatic N) is 7. The van der Waals surface area contributed by atoms with Gasteiger partial charge in [-0.25, -0.2) is 9.97 Å². The van der Waals surface area contributed by atoms with Crippen LogP contribution in [0.2, 0.25) is 0 Å². The Labute approximate surface area is 178 Å². The molecule has 5 heterocycles. The van der Waals surface area contributed by atoms with Crippen molar-refractivity contribution in [3.05, 3.63) is 54.4 Å². The van der Waals surface area contributed by atoms with E-state index in [1.807, 2.05) is 43.5 Å². The lowest BCUT2D eigenvalue weighted by Crippen LogP contribution is -2.58. The first kappa shape index (κ1) is 18.2. The van der Waals surface area contributed by atoms with E-state index in [1.165, 1.54) is 0 Å². The third-order valence-corrected chi connectivity index (χ3v) is 6.25. The number of aromatic nitrogens is 6. The number of ether oxygens (including phenoxy) is 1. The second-order valence-electron chi connectivity index (χ2n) is 7.84. The molecule has 3 aromatic heterocycles. The molecule has 1 saturated heterocycles. The van der Waals surface area contributed by atoms with Crippen LogP contribution in [-0.4, -0.2) is 49.6 Å². The van der Waals surface area contributed by atoms with Crippen LogP contribution < -0.4 is 4.90 Å². The zero-order valence-electron chi connectivity index (χ0n) is 17.3. The lowest BCUT2D eigenvalue weighted by molar-refractivity contribution is 0.0390. The summed E-state index contributed by atoms with van der Waals surface area (Å²) in [6, 6.07) is 9.91. The summed E-state index contributed by atoms with van der Waals surface area (Å²) in [6.45, 7) is 6.00. The van der Waals surface area contributed by atoms with Crippen LogP contribution in [0.3, 0.4) is 0 Å². The van der Waals surface area contributed by atoms with Crippen LogP contribution in [0, 0.1) is 6.92 Å². The molecule has 0 radical (unpaired) electrons. The highest BCUT2D eigenvalue weighted by molar-refractivity contribution is 5.78. The minimum Gasteiger partial charge on any atom is -0.377 e. The van der Waals surface area contributed by atoms with E-state index in [0.29, 0.717) is 19.0 Å². The third kappa shape index (κ3) is 2.50. The van der Waals surface area contributed by atoms with Gasteiger partial charge in [0, 0.05) is 12.1 Å². The van der Waals surface area contributed by atoms with Crippen LogP contribution in [-0.2, 0) is 10.3 Å². The smallest absolute Gasteiger partial charge is 0.167 e. The molecule has 1 fully saturated rings. The third-order valence-electron chi connectivity index (χ3n) is 6.25. The summed E-state index contributed by atoms with van der Waals surface area (Å²) in [7, 11) is 0. The molecular weight excluding hydrogens is 394 g/mol. The summed E-state index contributed by atoms with van der Waals surface area (Å²) >= 11 is 0. The molecule has 0 saturated carbocycles. The van der Waals surface area contributed by atoms with Gasteiger partial charge in [0.2, 0.25) is 0 Å². The van der Waals surface area contributed by atoms with Crippen LogP contribution in [0.25, 0.3) is 28.3 Å². The summed E-state index contributed by atoms with van der Waals surface area (Å²) in [5, 5.41) is 13.1. The first-order valence-corrected chi connectivity index (χ1v) is 10.4. The van der Waals surface area contributed by atoms with Crippen LogP contribution in [0.4, 0.5) is 5.82 Å². The van der Waals surface area contributed by atoms with Crippen molar-refractivity contribution in [2.45, 2.75) is 25.8 Å². The Kier molecular flexibility index (Phi) is 3.94. The first-order chi connectivity index (χ1) is 15.2. The van der Waals surface area contributed by atoms with Gasteiger partial charge in [-0.2, -0.15) is 0 Å². The van der Waals surface area contributed by atoms with Gasteiger partial charge in [0.05, 0.1) is 25.0 Å². The van der Waals surface area contributed by atoms with Crippen LogP contribution >= 0.6 is 0 Å². The van der Waals surface area contributed by atoms with E-state index < -0.39 is 5.54 Å². The van der Waals surface area contributed by atoms with Gasteiger partial charge in [-0.05, 0) is 13.3 Å². The van der Waals surface area contributed by atoms with E-state index in [-0.39, 0.29) is 0 Å². The standard InChI is InChI=1S/C22H21N7O2/c1-3-22-13-30-10-9-28(22)20-17(29-14(2)25-26-21(22)29)11-23-19(24-20)16-12-31-27-18(16)15-7-5-4-6-8-15/h4-8,11-12H,3,9-10,13H2,1-2H3/t22-/m1/s1. The zero-order chi connectivity index (χ0) is 21.0. The Balaban J connectivity index is 1.55. The van der Waals surface area contributed by atoms with Crippen molar-refractivity contribution in [3.8, 4) is 28.3 Å². The van der Waals surface area contributed by atoms with Crippen molar-refractivity contribution in [3.63, 3.8) is 0 Å². The predicted octanol–water partition coefficient (Wildman–Crippen LogP) is 3.14. The second kappa shape index (κ2) is 6.71. The first-order valence-electron chi connectivity index (χ1n) is 10.4. The number of fused-ring (bicyclic) bond motifs is 6.